The maximum absolute atomic E-state index is 5.66. The van der Waals surface area contributed by atoms with Gasteiger partial charge in [-0.3, -0.25) is 4.99 Å². The fourth-order valence-corrected chi connectivity index (χ4v) is 2.70. The van der Waals surface area contributed by atoms with Crippen LogP contribution in [0.1, 0.15) is 25.3 Å². The second kappa shape index (κ2) is 8.72. The fourth-order valence-electron chi connectivity index (χ4n) is 2.70. The van der Waals surface area contributed by atoms with Crippen molar-refractivity contribution in [3.63, 3.8) is 0 Å². The topological polar surface area (TPSA) is 36.9 Å². The lowest BCUT2D eigenvalue weighted by Gasteiger charge is -2.22. The molecule has 0 spiro atoms. The van der Waals surface area contributed by atoms with E-state index in [-0.39, 0.29) is 24.0 Å². The van der Waals surface area contributed by atoms with Gasteiger partial charge < -0.3 is 15.0 Å². The Hall–Kier alpha value is -0.820. The molecule has 3 rings (SSSR count). The van der Waals surface area contributed by atoms with Crippen molar-refractivity contribution < 1.29 is 4.74 Å². The average Bonchev–Trinajstić information content (AvgIpc) is 3.23. The zero-order chi connectivity index (χ0) is 14.5. The summed E-state index contributed by atoms with van der Waals surface area (Å²) in [4.78, 5) is 7.01. The van der Waals surface area contributed by atoms with Crippen molar-refractivity contribution in [1.82, 2.24) is 5.32 Å². The van der Waals surface area contributed by atoms with Crippen LogP contribution in [0.2, 0.25) is 0 Å². The molecule has 122 valence electrons. The predicted molar refractivity (Wildman–Crippen MR) is 102 cm³/mol. The van der Waals surface area contributed by atoms with Gasteiger partial charge in [-0.15, -0.1) is 24.0 Å². The van der Waals surface area contributed by atoms with Crippen molar-refractivity contribution in [1.29, 1.82) is 0 Å². The summed E-state index contributed by atoms with van der Waals surface area (Å²) in [5, 5.41) is 3.40. The Morgan fingerprint density at radius 1 is 1.36 bits per heavy atom. The van der Waals surface area contributed by atoms with Crippen molar-refractivity contribution in [2.75, 3.05) is 37.7 Å². The maximum atomic E-state index is 5.66. The van der Waals surface area contributed by atoms with E-state index < -0.39 is 0 Å². The van der Waals surface area contributed by atoms with E-state index in [1.165, 1.54) is 24.1 Å². The molecule has 1 aliphatic heterocycles. The monoisotopic (exact) mass is 415 g/mol. The van der Waals surface area contributed by atoms with Crippen molar-refractivity contribution in [2.24, 2.45) is 10.9 Å². The van der Waals surface area contributed by atoms with Crippen LogP contribution >= 0.6 is 24.0 Å². The number of aliphatic imine (C=N–C) groups is 1. The van der Waals surface area contributed by atoms with Gasteiger partial charge in [0.05, 0.1) is 13.2 Å². The van der Waals surface area contributed by atoms with Crippen molar-refractivity contribution >= 4 is 35.6 Å². The first kappa shape index (κ1) is 17.5. The molecule has 0 atom stereocenters. The van der Waals surface area contributed by atoms with Gasteiger partial charge in [0.1, 0.15) is 0 Å². The minimum atomic E-state index is 0. The number of guanidine groups is 1. The molecule has 1 saturated carbocycles. The predicted octanol–water partition coefficient (Wildman–Crippen LogP) is 3.06. The second-order valence-corrected chi connectivity index (χ2v) is 5.78. The molecule has 0 amide bonds. The van der Waals surface area contributed by atoms with Crippen LogP contribution in [-0.2, 0) is 11.2 Å². The van der Waals surface area contributed by atoms with Crippen LogP contribution in [0.3, 0.4) is 0 Å². The third kappa shape index (κ3) is 4.59. The minimum absolute atomic E-state index is 0. The molecule has 0 radical (unpaired) electrons. The van der Waals surface area contributed by atoms with Crippen LogP contribution in [0.4, 0.5) is 5.69 Å². The number of nitrogens with one attached hydrogen (secondary N) is 1. The molecule has 1 aliphatic carbocycles. The van der Waals surface area contributed by atoms with Gasteiger partial charge in [0, 0.05) is 25.4 Å². The normalized spacial score (nSPS) is 17.1. The summed E-state index contributed by atoms with van der Waals surface area (Å²) in [5.74, 6) is 1.81. The number of para-hydroxylation sites is 1. The van der Waals surface area contributed by atoms with E-state index in [1.54, 1.807) is 0 Å². The molecule has 22 heavy (non-hydrogen) atoms. The number of rotatable bonds is 6. The summed E-state index contributed by atoms with van der Waals surface area (Å²) >= 11 is 0. The molecule has 4 nitrogen and oxygen atoms in total. The van der Waals surface area contributed by atoms with Crippen molar-refractivity contribution in [2.45, 2.75) is 26.2 Å². The highest BCUT2D eigenvalue weighted by molar-refractivity contribution is 14.0. The van der Waals surface area contributed by atoms with Gasteiger partial charge in [-0.1, -0.05) is 18.2 Å². The lowest BCUT2D eigenvalue weighted by Crippen LogP contribution is -2.40. The van der Waals surface area contributed by atoms with E-state index in [1.807, 2.05) is 0 Å². The molecule has 1 fully saturated rings. The van der Waals surface area contributed by atoms with Gasteiger partial charge in [0.2, 0.25) is 0 Å². The van der Waals surface area contributed by atoms with Gasteiger partial charge in [0.25, 0.3) is 0 Å². The smallest absolute Gasteiger partial charge is 0.198 e. The summed E-state index contributed by atoms with van der Waals surface area (Å²) < 4.78 is 5.66. The summed E-state index contributed by atoms with van der Waals surface area (Å²) in [6.07, 6.45) is 3.78. The van der Waals surface area contributed by atoms with Gasteiger partial charge in [-0.05, 0) is 43.7 Å². The average molecular weight is 415 g/mol. The maximum Gasteiger partial charge on any atom is 0.198 e. The first-order chi connectivity index (χ1) is 10.4. The van der Waals surface area contributed by atoms with Crippen LogP contribution in [0.5, 0.6) is 0 Å². The third-order valence-corrected chi connectivity index (χ3v) is 4.03. The largest absolute Gasteiger partial charge is 0.379 e. The van der Waals surface area contributed by atoms with Gasteiger partial charge in [-0.25, -0.2) is 0 Å². The van der Waals surface area contributed by atoms with Crippen LogP contribution in [0.25, 0.3) is 0 Å². The van der Waals surface area contributed by atoms with E-state index >= 15 is 0 Å². The molecule has 1 heterocycles. The number of nitrogens with zero attached hydrogens (tertiary/aromatic N) is 2. The number of halogens is 1. The van der Waals surface area contributed by atoms with Crippen LogP contribution < -0.4 is 10.2 Å². The Bertz CT molecular complexity index is 502. The van der Waals surface area contributed by atoms with Crippen LogP contribution in [0.15, 0.2) is 29.3 Å². The Kier molecular flexibility index (Phi) is 6.95. The Labute approximate surface area is 150 Å². The third-order valence-electron chi connectivity index (χ3n) is 4.03. The molecule has 1 aromatic rings. The molecule has 0 bridgehead atoms. The quantitative estimate of drug-likeness (QED) is 0.336. The molecule has 5 heteroatoms. The number of benzene rings is 1. The first-order valence-corrected chi connectivity index (χ1v) is 8.10. The van der Waals surface area contributed by atoms with Gasteiger partial charge >= 0.3 is 0 Å². The van der Waals surface area contributed by atoms with Crippen molar-refractivity contribution in [3.8, 4) is 0 Å². The van der Waals surface area contributed by atoms with Gasteiger partial charge in [0.15, 0.2) is 5.96 Å². The SMILES string of the molecule is CCNC(=NCCOCC1CC1)N1CCc2ccccc21.I. The highest BCUT2D eigenvalue weighted by Crippen LogP contribution is 2.29. The van der Waals surface area contributed by atoms with Crippen LogP contribution in [0, 0.1) is 5.92 Å². The van der Waals surface area contributed by atoms with Crippen molar-refractivity contribution in [3.05, 3.63) is 29.8 Å². The molecule has 0 unspecified atom stereocenters. The molecule has 1 N–H and O–H groups in total. The minimum Gasteiger partial charge on any atom is -0.379 e. The standard InChI is InChI=1S/C17H25N3O.HI/c1-2-18-17(19-10-12-21-13-14-7-8-14)20-11-9-15-5-3-4-6-16(15)20;/h3-6,14H,2,7-13H2,1H3,(H,18,19);1H. The van der Waals surface area contributed by atoms with Crippen LogP contribution in [-0.4, -0.2) is 38.8 Å². The Balaban J connectivity index is 0.00000176. The molecular formula is C17H26IN3O. The zero-order valence-corrected chi connectivity index (χ0v) is 15.6. The van der Waals surface area contributed by atoms with E-state index in [4.69, 9.17) is 9.73 Å². The molecule has 0 aromatic heterocycles. The zero-order valence-electron chi connectivity index (χ0n) is 13.3. The summed E-state index contributed by atoms with van der Waals surface area (Å²) in [5.41, 5.74) is 2.70. The Morgan fingerprint density at radius 2 is 2.18 bits per heavy atom. The molecule has 2 aliphatic rings. The summed E-state index contributed by atoms with van der Waals surface area (Å²) in [7, 11) is 0. The fraction of sp³-hybridized carbons (Fsp3) is 0.588. The Morgan fingerprint density at radius 3 is 2.95 bits per heavy atom. The van der Waals surface area contributed by atoms with E-state index in [0.29, 0.717) is 0 Å². The van der Waals surface area contributed by atoms with E-state index in [0.717, 1.165) is 51.1 Å². The molecular weight excluding hydrogens is 389 g/mol. The number of hydrogen-bond acceptors (Lipinski definition) is 2. The number of anilines is 1. The number of hydrogen-bond donors (Lipinski definition) is 1. The highest BCUT2D eigenvalue weighted by atomic mass is 127. The number of fused-ring (bicyclic) bond motifs is 1. The molecule has 0 saturated heterocycles. The second-order valence-electron chi connectivity index (χ2n) is 5.78. The highest BCUT2D eigenvalue weighted by Gasteiger charge is 2.22. The lowest BCUT2D eigenvalue weighted by molar-refractivity contribution is 0.132. The van der Waals surface area contributed by atoms with E-state index in [2.05, 4.69) is 41.4 Å². The summed E-state index contributed by atoms with van der Waals surface area (Å²) in [6, 6.07) is 8.59. The number of ether oxygens (including phenoxy) is 1. The van der Waals surface area contributed by atoms with Gasteiger partial charge in [-0.2, -0.15) is 0 Å². The van der Waals surface area contributed by atoms with E-state index in [9.17, 15) is 0 Å². The first-order valence-electron chi connectivity index (χ1n) is 8.10. The lowest BCUT2D eigenvalue weighted by atomic mass is 10.2. The molecule has 1 aromatic carbocycles. The summed E-state index contributed by atoms with van der Waals surface area (Å²) in [6.45, 7) is 6.38.